The minimum atomic E-state index is -0.0181. The normalized spacial score (nSPS) is 10.2. The Morgan fingerprint density at radius 2 is 2.22 bits per heavy atom. The van der Waals surface area contributed by atoms with Crippen molar-refractivity contribution in [2.24, 2.45) is 5.73 Å². The number of amides is 1. The molecule has 1 aromatic carbocycles. The summed E-state index contributed by atoms with van der Waals surface area (Å²) in [6, 6.07) is 7.36. The third-order valence-corrected chi connectivity index (χ3v) is 2.40. The molecule has 1 aromatic rings. The molecule has 0 spiro atoms. The number of ether oxygens (including phenoxy) is 1. The van der Waals surface area contributed by atoms with E-state index in [9.17, 15) is 4.79 Å². The van der Waals surface area contributed by atoms with E-state index in [1.54, 1.807) is 6.07 Å². The SMILES string of the molecule is CC(C)NC(=O)CCOc1cccc(C(N)=S)c1. The first-order chi connectivity index (χ1) is 8.49. The van der Waals surface area contributed by atoms with Crippen LogP contribution in [0.25, 0.3) is 0 Å². The van der Waals surface area contributed by atoms with Gasteiger partial charge in [-0.15, -0.1) is 0 Å². The van der Waals surface area contributed by atoms with Crippen LogP contribution in [0.4, 0.5) is 0 Å². The topological polar surface area (TPSA) is 64.3 Å². The first kappa shape index (κ1) is 14.4. The monoisotopic (exact) mass is 266 g/mol. The van der Waals surface area contributed by atoms with Gasteiger partial charge in [0.2, 0.25) is 5.91 Å². The molecule has 0 atom stereocenters. The predicted octanol–water partition coefficient (Wildman–Crippen LogP) is 1.61. The number of hydrogen-bond donors (Lipinski definition) is 2. The highest BCUT2D eigenvalue weighted by Gasteiger charge is 2.04. The van der Waals surface area contributed by atoms with Gasteiger partial charge >= 0.3 is 0 Å². The van der Waals surface area contributed by atoms with Gasteiger partial charge in [-0.3, -0.25) is 4.79 Å². The minimum absolute atomic E-state index is 0.0181. The van der Waals surface area contributed by atoms with Crippen LogP contribution >= 0.6 is 12.2 Å². The molecule has 0 aliphatic rings. The molecule has 0 aliphatic carbocycles. The smallest absolute Gasteiger partial charge is 0.223 e. The Balaban J connectivity index is 2.42. The fourth-order valence-electron chi connectivity index (χ4n) is 1.39. The van der Waals surface area contributed by atoms with E-state index in [-0.39, 0.29) is 11.9 Å². The van der Waals surface area contributed by atoms with Crippen LogP contribution in [0.1, 0.15) is 25.8 Å². The maximum Gasteiger partial charge on any atom is 0.223 e. The van der Waals surface area contributed by atoms with E-state index in [0.29, 0.717) is 23.8 Å². The maximum atomic E-state index is 11.4. The van der Waals surface area contributed by atoms with Crippen LogP contribution < -0.4 is 15.8 Å². The fraction of sp³-hybridized carbons (Fsp3) is 0.385. The first-order valence-electron chi connectivity index (χ1n) is 5.81. The summed E-state index contributed by atoms with van der Waals surface area (Å²) in [4.78, 5) is 11.7. The molecule has 0 aromatic heterocycles. The summed E-state index contributed by atoms with van der Waals surface area (Å²) in [5.41, 5.74) is 6.28. The van der Waals surface area contributed by atoms with Crippen molar-refractivity contribution >= 4 is 23.1 Å². The fourth-order valence-corrected chi connectivity index (χ4v) is 1.52. The number of rotatable bonds is 6. The number of benzene rings is 1. The van der Waals surface area contributed by atoms with Crippen LogP contribution in [0.2, 0.25) is 0 Å². The molecule has 5 heteroatoms. The quantitative estimate of drug-likeness (QED) is 0.768. The van der Waals surface area contributed by atoms with Gasteiger partial charge in [-0.25, -0.2) is 0 Å². The summed E-state index contributed by atoms with van der Waals surface area (Å²) in [7, 11) is 0. The molecule has 4 nitrogen and oxygen atoms in total. The van der Waals surface area contributed by atoms with Gasteiger partial charge in [0.15, 0.2) is 0 Å². The van der Waals surface area contributed by atoms with Gasteiger partial charge in [0, 0.05) is 11.6 Å². The van der Waals surface area contributed by atoms with Crippen molar-refractivity contribution in [2.75, 3.05) is 6.61 Å². The summed E-state index contributed by atoms with van der Waals surface area (Å²) in [6.45, 7) is 4.17. The molecule has 0 saturated carbocycles. The zero-order valence-corrected chi connectivity index (χ0v) is 11.4. The summed E-state index contributed by atoms with van der Waals surface area (Å²) in [6.07, 6.45) is 0.329. The Labute approximate surface area is 113 Å². The Morgan fingerprint density at radius 3 is 2.83 bits per heavy atom. The second kappa shape index (κ2) is 6.96. The van der Waals surface area contributed by atoms with E-state index in [1.165, 1.54) is 0 Å². The summed E-state index contributed by atoms with van der Waals surface area (Å²) < 4.78 is 5.47. The second-order valence-corrected chi connectivity index (χ2v) is 4.65. The third-order valence-electron chi connectivity index (χ3n) is 2.17. The zero-order valence-electron chi connectivity index (χ0n) is 10.6. The molecule has 0 aliphatic heterocycles. The van der Waals surface area contributed by atoms with Crippen LogP contribution in [0.15, 0.2) is 24.3 Å². The van der Waals surface area contributed by atoms with Crippen molar-refractivity contribution in [1.82, 2.24) is 5.32 Å². The number of hydrogen-bond acceptors (Lipinski definition) is 3. The second-order valence-electron chi connectivity index (χ2n) is 4.21. The number of carbonyl (C=O) groups excluding carboxylic acids is 1. The summed E-state index contributed by atoms with van der Waals surface area (Å²) in [5, 5.41) is 2.80. The van der Waals surface area contributed by atoms with Crippen molar-refractivity contribution in [1.29, 1.82) is 0 Å². The average Bonchev–Trinajstić information content (AvgIpc) is 2.28. The number of nitrogens with one attached hydrogen (secondary N) is 1. The van der Waals surface area contributed by atoms with E-state index < -0.39 is 0 Å². The third kappa shape index (κ3) is 5.14. The van der Waals surface area contributed by atoms with Crippen molar-refractivity contribution in [3.63, 3.8) is 0 Å². The van der Waals surface area contributed by atoms with E-state index in [0.717, 1.165) is 5.56 Å². The Morgan fingerprint density at radius 1 is 1.50 bits per heavy atom. The highest BCUT2D eigenvalue weighted by Crippen LogP contribution is 2.13. The van der Waals surface area contributed by atoms with Crippen LogP contribution in [-0.2, 0) is 4.79 Å². The highest BCUT2D eigenvalue weighted by atomic mass is 32.1. The number of thiocarbonyl (C=S) groups is 1. The van der Waals surface area contributed by atoms with Crippen molar-refractivity contribution < 1.29 is 9.53 Å². The highest BCUT2D eigenvalue weighted by molar-refractivity contribution is 7.80. The molecular formula is C13H18N2O2S. The Bertz CT molecular complexity index is 433. The molecular weight excluding hydrogens is 248 g/mol. The molecule has 1 rings (SSSR count). The zero-order chi connectivity index (χ0) is 13.5. The van der Waals surface area contributed by atoms with Crippen LogP contribution in [0.3, 0.4) is 0 Å². The molecule has 0 unspecified atom stereocenters. The molecule has 0 fully saturated rings. The predicted molar refractivity (Wildman–Crippen MR) is 75.7 cm³/mol. The van der Waals surface area contributed by atoms with Gasteiger partial charge in [-0.1, -0.05) is 24.4 Å². The maximum absolute atomic E-state index is 11.4. The standard InChI is InChI=1S/C13H18N2O2S/c1-9(2)15-12(16)6-7-17-11-5-3-4-10(8-11)13(14)18/h3-5,8-9H,6-7H2,1-2H3,(H2,14,18)(H,15,16). The van der Waals surface area contributed by atoms with Gasteiger partial charge in [-0.2, -0.15) is 0 Å². The lowest BCUT2D eigenvalue weighted by molar-refractivity contribution is -0.122. The van der Waals surface area contributed by atoms with Crippen LogP contribution in [0.5, 0.6) is 5.75 Å². The lowest BCUT2D eigenvalue weighted by Gasteiger charge is -2.10. The minimum Gasteiger partial charge on any atom is -0.493 e. The molecule has 3 N–H and O–H groups in total. The van der Waals surface area contributed by atoms with Crippen molar-refractivity contribution in [3.8, 4) is 5.75 Å². The number of carbonyl (C=O) groups is 1. The van der Waals surface area contributed by atoms with E-state index >= 15 is 0 Å². The van der Waals surface area contributed by atoms with Crippen LogP contribution in [0, 0.1) is 0 Å². The molecule has 18 heavy (non-hydrogen) atoms. The largest absolute Gasteiger partial charge is 0.493 e. The Hall–Kier alpha value is -1.62. The lowest BCUT2D eigenvalue weighted by atomic mass is 10.2. The molecule has 1 amide bonds. The average molecular weight is 266 g/mol. The van der Waals surface area contributed by atoms with Gasteiger partial charge in [0.1, 0.15) is 10.7 Å². The van der Waals surface area contributed by atoms with Crippen molar-refractivity contribution in [2.45, 2.75) is 26.3 Å². The van der Waals surface area contributed by atoms with E-state index in [1.807, 2.05) is 32.0 Å². The molecule has 0 heterocycles. The lowest BCUT2D eigenvalue weighted by Crippen LogP contribution is -2.31. The number of nitrogens with two attached hydrogens (primary N) is 1. The first-order valence-corrected chi connectivity index (χ1v) is 6.22. The molecule has 0 saturated heterocycles. The molecule has 0 radical (unpaired) electrons. The van der Waals surface area contributed by atoms with Crippen molar-refractivity contribution in [3.05, 3.63) is 29.8 Å². The molecule has 0 bridgehead atoms. The van der Waals surface area contributed by atoms with Gasteiger partial charge in [0.05, 0.1) is 13.0 Å². The Kier molecular flexibility index (Phi) is 5.58. The van der Waals surface area contributed by atoms with E-state index in [2.05, 4.69) is 5.32 Å². The summed E-state index contributed by atoms with van der Waals surface area (Å²) >= 11 is 4.88. The summed E-state index contributed by atoms with van der Waals surface area (Å²) in [5.74, 6) is 0.646. The molecule has 98 valence electrons. The van der Waals surface area contributed by atoms with Gasteiger partial charge in [-0.05, 0) is 26.0 Å². The van der Waals surface area contributed by atoms with Gasteiger partial charge < -0.3 is 15.8 Å². The van der Waals surface area contributed by atoms with E-state index in [4.69, 9.17) is 22.7 Å². The van der Waals surface area contributed by atoms with Gasteiger partial charge in [0.25, 0.3) is 0 Å². The van der Waals surface area contributed by atoms with Crippen LogP contribution in [-0.4, -0.2) is 23.5 Å².